The second-order valence-corrected chi connectivity index (χ2v) is 39.6. The molecule has 0 bridgehead atoms. The Kier molecular flexibility index (Phi) is 15.7. The number of aromatic nitrogens is 12. The molecule has 0 atom stereocenters. The van der Waals surface area contributed by atoms with E-state index in [2.05, 4.69) is 495 Å². The zero-order valence-electron chi connectivity index (χ0n) is 78.9. The highest BCUT2D eigenvalue weighted by molar-refractivity contribution is 6.40. The summed E-state index contributed by atoms with van der Waals surface area (Å²) >= 11 is 0. The van der Waals surface area contributed by atoms with E-state index in [4.69, 9.17) is 9.97 Å². The SMILES string of the molecule is c1ccc(-n2c3ccc(-n4c5c6ccccc6ccc5c5cc6c7ccccc7n7c8ccccc8c(c54)c67)cc3c3cccnc32)cc1.c1ccc(-n2c3ccc(-n4c5c6ccccc6ccc5c5cc6c7ccccc7n7c8ccccc8c(c54)c67)cc3c3ccncc32)cc1.c1ccc(-n2c3ccccc3c3cc(-n4c5c6ccccc6ccc5c5cc6c7ccccc7n7c8ccccc8c(c54)c67)ncc32)cc1. The fourth-order valence-corrected chi connectivity index (χ4v) is 26.5. The standard InChI is InChI=1S/3C45H26N4/c1-2-13-28(14-3-1)47-37-19-9-6-16-30(37)34-25-41(46-26-40(34)47)49-43-29-15-5-4-12-27(29)22-23-32(43)36-24-35-31-17-7-10-20-38(31)48-39-21-11-8-18-33(39)42(44(35)48)45(36)49;1-2-12-28(13-3-1)47-40-23-21-29(25-35(40)33-17-10-24-46-45(33)47)48-42-30-14-5-4-11-27(30)20-22-32(42)37-26-36-31-15-6-8-18-38(31)49-39-19-9-7-16-34(39)41(43(37)48)44(36)49;1-2-11-28(12-3-1)47-40-21-19-29(24-35(40)32-22-23-46-26-41(32)47)48-43-30-13-5-4-10-27(30)18-20-33(43)37-25-36-31-14-6-8-16-38(31)49-39-17-9-7-15-34(39)42(44(37)48)45(36)49/h3*1-26H. The number of pyridine rings is 3. The number of hydrogen-bond donors (Lipinski definition) is 0. The van der Waals surface area contributed by atoms with Gasteiger partial charge in [0.2, 0.25) is 0 Å². The molecule has 12 heteroatoms. The minimum atomic E-state index is 0.919. The van der Waals surface area contributed by atoms with Gasteiger partial charge in [-0.05, 0) is 174 Å². The van der Waals surface area contributed by atoms with E-state index in [1.807, 2.05) is 24.7 Å². The van der Waals surface area contributed by atoms with Gasteiger partial charge in [-0.2, -0.15) is 0 Å². The Balaban J connectivity index is 0.0000000945. The normalized spacial score (nSPS) is 12.5. The Morgan fingerprint density at radius 1 is 0.143 bits per heavy atom. The summed E-state index contributed by atoms with van der Waals surface area (Å²) in [5.41, 5.74) is 31.0. The maximum Gasteiger partial charge on any atom is 0.145 e. The average molecular weight is 1870 g/mol. The minimum Gasteiger partial charge on any atom is -0.308 e. The molecule has 21 aromatic carbocycles. The number of para-hydroxylation sites is 10. The lowest BCUT2D eigenvalue weighted by molar-refractivity contribution is 1.09. The van der Waals surface area contributed by atoms with Crippen LogP contribution in [0, 0.1) is 0 Å². The van der Waals surface area contributed by atoms with Crippen LogP contribution >= 0.6 is 0 Å². The molecular formula is C135H78N12. The topological polar surface area (TPSA) is 81.5 Å². The number of fused-ring (bicyclic) bond motifs is 45. The Morgan fingerprint density at radius 2 is 0.456 bits per heavy atom. The molecule has 12 nitrogen and oxygen atoms in total. The molecule has 36 aromatic rings. The van der Waals surface area contributed by atoms with E-state index in [1.54, 1.807) is 0 Å². The highest BCUT2D eigenvalue weighted by atomic mass is 15.1. The van der Waals surface area contributed by atoms with Crippen molar-refractivity contribution in [2.24, 2.45) is 0 Å². The minimum absolute atomic E-state index is 0.919. The summed E-state index contributed by atoms with van der Waals surface area (Å²) in [5, 5.41) is 37.6. The van der Waals surface area contributed by atoms with Gasteiger partial charge in [0, 0.05) is 186 Å². The lowest BCUT2D eigenvalue weighted by atomic mass is 10.0. The number of rotatable bonds is 6. The quantitative estimate of drug-likeness (QED) is 0.166. The van der Waals surface area contributed by atoms with Crippen molar-refractivity contribution in [3.8, 4) is 34.3 Å². The zero-order valence-corrected chi connectivity index (χ0v) is 78.9. The van der Waals surface area contributed by atoms with Crippen LogP contribution in [0.3, 0.4) is 0 Å². The predicted octanol–water partition coefficient (Wildman–Crippen LogP) is 34.7. The molecule has 0 N–H and O–H groups in total. The summed E-state index contributed by atoms with van der Waals surface area (Å²) in [6.45, 7) is 0. The van der Waals surface area contributed by atoms with E-state index in [9.17, 15) is 0 Å². The van der Waals surface area contributed by atoms with Gasteiger partial charge in [-0.1, -0.05) is 291 Å². The van der Waals surface area contributed by atoms with Crippen molar-refractivity contribution in [2.45, 2.75) is 0 Å². The van der Waals surface area contributed by atoms with Gasteiger partial charge in [0.05, 0.1) is 123 Å². The molecule has 0 fully saturated rings. The zero-order chi connectivity index (χ0) is 95.4. The number of hydrogen-bond acceptors (Lipinski definition) is 3. The first-order chi connectivity index (χ1) is 73.0. The van der Waals surface area contributed by atoms with Crippen LogP contribution in [-0.4, -0.2) is 55.6 Å². The van der Waals surface area contributed by atoms with E-state index in [1.165, 1.54) is 250 Å². The maximum absolute atomic E-state index is 5.34. The number of nitrogens with zero attached hydrogens (tertiary/aromatic N) is 12. The van der Waals surface area contributed by atoms with Crippen LogP contribution in [0.2, 0.25) is 0 Å². The molecule has 15 aromatic heterocycles. The van der Waals surface area contributed by atoms with Gasteiger partial charge in [-0.25, -0.2) is 9.97 Å². The third-order valence-corrected chi connectivity index (χ3v) is 32.3. The molecule has 0 spiro atoms. The van der Waals surface area contributed by atoms with Crippen molar-refractivity contribution < 1.29 is 0 Å². The van der Waals surface area contributed by atoms with Crippen molar-refractivity contribution in [1.82, 2.24) is 55.6 Å². The van der Waals surface area contributed by atoms with Crippen molar-refractivity contribution in [2.75, 3.05) is 0 Å². The van der Waals surface area contributed by atoms with Crippen LogP contribution in [0.25, 0.3) is 312 Å². The van der Waals surface area contributed by atoms with Gasteiger partial charge in [0.15, 0.2) is 0 Å². The second kappa shape index (κ2) is 29.4. The molecule has 0 aliphatic carbocycles. The van der Waals surface area contributed by atoms with Crippen molar-refractivity contribution in [3.05, 3.63) is 474 Å². The summed E-state index contributed by atoms with van der Waals surface area (Å²) < 4.78 is 22.0. The summed E-state index contributed by atoms with van der Waals surface area (Å²) in [6, 6.07) is 164. The summed E-state index contributed by atoms with van der Waals surface area (Å²) in [4.78, 5) is 14.8. The fourth-order valence-electron chi connectivity index (χ4n) is 26.5. The lowest BCUT2D eigenvalue weighted by Gasteiger charge is -2.12. The number of benzene rings is 21. The summed E-state index contributed by atoms with van der Waals surface area (Å²) in [6.07, 6.45) is 7.86. The molecular weight excluding hydrogens is 1790 g/mol. The van der Waals surface area contributed by atoms with E-state index >= 15 is 0 Å². The maximum atomic E-state index is 5.34. The van der Waals surface area contributed by atoms with E-state index in [-0.39, 0.29) is 0 Å². The molecule has 0 saturated heterocycles. The van der Waals surface area contributed by atoms with Gasteiger partial charge in [0.1, 0.15) is 11.5 Å². The Morgan fingerprint density at radius 3 is 0.898 bits per heavy atom. The summed E-state index contributed by atoms with van der Waals surface area (Å²) in [5.74, 6) is 0.919. The van der Waals surface area contributed by atoms with Crippen LogP contribution in [-0.2, 0) is 0 Å². The molecule has 678 valence electrons. The van der Waals surface area contributed by atoms with Crippen LogP contribution in [0.5, 0.6) is 0 Å². The van der Waals surface area contributed by atoms with E-state index in [0.717, 1.165) is 61.8 Å². The van der Waals surface area contributed by atoms with Gasteiger partial charge in [-0.15, -0.1) is 0 Å². The molecule has 0 saturated carbocycles. The molecule has 147 heavy (non-hydrogen) atoms. The van der Waals surface area contributed by atoms with Crippen molar-refractivity contribution in [1.29, 1.82) is 0 Å². The van der Waals surface area contributed by atoms with Gasteiger partial charge < -0.3 is 31.5 Å². The monoisotopic (exact) mass is 1870 g/mol. The van der Waals surface area contributed by atoms with Crippen LogP contribution in [0.4, 0.5) is 0 Å². The van der Waals surface area contributed by atoms with Crippen LogP contribution in [0.1, 0.15) is 0 Å². The third kappa shape index (κ3) is 10.5. The first kappa shape index (κ1) is 78.8. The molecule has 0 amide bonds. The van der Waals surface area contributed by atoms with Crippen molar-refractivity contribution >= 4 is 278 Å². The predicted molar refractivity (Wildman–Crippen MR) is 615 cm³/mol. The van der Waals surface area contributed by atoms with Gasteiger partial charge >= 0.3 is 0 Å². The second-order valence-electron chi connectivity index (χ2n) is 39.6. The third-order valence-electron chi connectivity index (χ3n) is 32.3. The van der Waals surface area contributed by atoms with Crippen molar-refractivity contribution in [3.63, 3.8) is 0 Å². The molecule has 0 aliphatic heterocycles. The smallest absolute Gasteiger partial charge is 0.145 e. The van der Waals surface area contributed by atoms with E-state index in [0.29, 0.717) is 0 Å². The average Bonchev–Trinajstić information content (AvgIpc) is 1.52. The molecule has 0 unspecified atom stereocenters. The first-order valence-corrected chi connectivity index (χ1v) is 50.4. The highest BCUT2D eigenvalue weighted by Gasteiger charge is 2.32. The molecule has 15 heterocycles. The highest BCUT2D eigenvalue weighted by Crippen LogP contribution is 2.54. The van der Waals surface area contributed by atoms with Crippen LogP contribution < -0.4 is 0 Å². The molecule has 0 radical (unpaired) electrons. The Hall–Kier alpha value is -20.0. The Labute approximate surface area is 835 Å². The lowest BCUT2D eigenvalue weighted by Crippen LogP contribution is -1.99. The van der Waals surface area contributed by atoms with Crippen LogP contribution in [0.15, 0.2) is 474 Å². The first-order valence-electron chi connectivity index (χ1n) is 50.4. The van der Waals surface area contributed by atoms with E-state index < -0.39 is 0 Å². The largest absolute Gasteiger partial charge is 0.308 e. The fraction of sp³-hybridized carbons (Fsp3) is 0. The molecule has 36 rings (SSSR count). The molecule has 0 aliphatic rings. The summed E-state index contributed by atoms with van der Waals surface area (Å²) in [7, 11) is 0. The van der Waals surface area contributed by atoms with Gasteiger partial charge in [0.25, 0.3) is 0 Å². The van der Waals surface area contributed by atoms with Gasteiger partial charge in [-0.3, -0.25) is 14.1 Å². The Bertz CT molecular complexity index is 11000.